The van der Waals surface area contributed by atoms with Crippen molar-refractivity contribution in [3.05, 3.63) is 58.1 Å². The van der Waals surface area contributed by atoms with Gasteiger partial charge in [-0.1, -0.05) is 12.1 Å². The molecule has 2 aromatic carbocycles. The fourth-order valence-corrected chi connectivity index (χ4v) is 3.59. The van der Waals surface area contributed by atoms with Crippen LogP contribution in [0.5, 0.6) is 5.75 Å². The smallest absolute Gasteiger partial charge is 0.262 e. The second kappa shape index (κ2) is 9.21. The van der Waals surface area contributed by atoms with Gasteiger partial charge in [-0.2, -0.15) is 0 Å². The number of benzene rings is 2. The van der Waals surface area contributed by atoms with E-state index in [1.54, 1.807) is 24.3 Å². The number of nitrogens with one attached hydrogen (secondary N) is 1. The number of aryl methyl sites for hydroxylation is 1. The maximum absolute atomic E-state index is 12.7. The van der Waals surface area contributed by atoms with Crippen LogP contribution >= 0.6 is 15.9 Å². The molecule has 3 rings (SSSR count). The molecule has 0 saturated carbocycles. The minimum atomic E-state index is -0.281. The number of piperazine rings is 1. The van der Waals surface area contributed by atoms with Crippen LogP contribution in [0, 0.1) is 6.92 Å². The lowest BCUT2D eigenvalue weighted by molar-refractivity contribution is -0.118. The average Bonchev–Trinajstić information content (AvgIpc) is 2.67. The minimum Gasteiger partial charge on any atom is -0.483 e. The molecule has 28 heavy (non-hydrogen) atoms. The van der Waals surface area contributed by atoms with Crippen molar-refractivity contribution in [1.82, 2.24) is 9.80 Å². The van der Waals surface area contributed by atoms with Crippen LogP contribution in [0.3, 0.4) is 0 Å². The van der Waals surface area contributed by atoms with E-state index in [1.807, 2.05) is 30.0 Å². The van der Waals surface area contributed by atoms with Gasteiger partial charge in [-0.25, -0.2) is 0 Å². The summed E-state index contributed by atoms with van der Waals surface area (Å²) >= 11 is 3.43. The number of rotatable bonds is 5. The van der Waals surface area contributed by atoms with Crippen LogP contribution in [0.4, 0.5) is 5.69 Å². The number of hydrogen-bond donors (Lipinski definition) is 1. The molecule has 1 N–H and O–H groups in total. The molecular weight excluding hydrogens is 422 g/mol. The van der Waals surface area contributed by atoms with E-state index in [1.165, 1.54) is 0 Å². The summed E-state index contributed by atoms with van der Waals surface area (Å²) in [4.78, 5) is 29.0. The monoisotopic (exact) mass is 445 g/mol. The van der Waals surface area contributed by atoms with Gasteiger partial charge < -0.3 is 19.9 Å². The first-order valence-electron chi connectivity index (χ1n) is 9.19. The van der Waals surface area contributed by atoms with Crippen molar-refractivity contribution in [2.45, 2.75) is 6.92 Å². The van der Waals surface area contributed by atoms with Crippen LogP contribution in [0.15, 0.2) is 46.9 Å². The molecule has 0 bridgehead atoms. The topological polar surface area (TPSA) is 61.9 Å². The highest BCUT2D eigenvalue weighted by Crippen LogP contribution is 2.25. The molecule has 2 amide bonds. The lowest BCUT2D eigenvalue weighted by Gasteiger charge is -2.32. The highest BCUT2D eigenvalue weighted by Gasteiger charge is 2.20. The summed E-state index contributed by atoms with van der Waals surface area (Å²) < 4.78 is 6.38. The van der Waals surface area contributed by atoms with Crippen molar-refractivity contribution in [2.75, 3.05) is 45.2 Å². The molecule has 0 aromatic heterocycles. The Morgan fingerprint density at radius 1 is 1.11 bits per heavy atom. The Morgan fingerprint density at radius 2 is 1.86 bits per heavy atom. The fourth-order valence-electron chi connectivity index (χ4n) is 2.99. The largest absolute Gasteiger partial charge is 0.483 e. The van der Waals surface area contributed by atoms with E-state index >= 15 is 0 Å². The van der Waals surface area contributed by atoms with Gasteiger partial charge in [-0.05, 0) is 65.8 Å². The second-order valence-corrected chi connectivity index (χ2v) is 7.80. The van der Waals surface area contributed by atoms with Crippen molar-refractivity contribution < 1.29 is 14.3 Å². The summed E-state index contributed by atoms with van der Waals surface area (Å²) in [6.07, 6.45) is 0. The van der Waals surface area contributed by atoms with Crippen LogP contribution in [0.25, 0.3) is 0 Å². The summed E-state index contributed by atoms with van der Waals surface area (Å²) in [6.45, 7) is 5.04. The maximum atomic E-state index is 12.7. The third-order valence-electron chi connectivity index (χ3n) is 4.63. The Kier molecular flexibility index (Phi) is 6.70. The highest BCUT2D eigenvalue weighted by atomic mass is 79.9. The molecule has 2 aromatic rings. The predicted molar refractivity (Wildman–Crippen MR) is 113 cm³/mol. The minimum absolute atomic E-state index is 0.0102. The van der Waals surface area contributed by atoms with E-state index in [4.69, 9.17) is 4.74 Å². The van der Waals surface area contributed by atoms with Gasteiger partial charge in [-0.3, -0.25) is 9.59 Å². The number of halogens is 1. The third-order valence-corrected chi connectivity index (χ3v) is 5.25. The first kappa shape index (κ1) is 20.4. The Labute approximate surface area is 173 Å². The maximum Gasteiger partial charge on any atom is 0.262 e. The average molecular weight is 446 g/mol. The van der Waals surface area contributed by atoms with Crippen molar-refractivity contribution in [1.29, 1.82) is 0 Å². The van der Waals surface area contributed by atoms with Crippen molar-refractivity contribution in [3.8, 4) is 5.75 Å². The van der Waals surface area contributed by atoms with E-state index in [0.717, 1.165) is 23.1 Å². The Morgan fingerprint density at radius 3 is 2.57 bits per heavy atom. The summed E-state index contributed by atoms with van der Waals surface area (Å²) in [6, 6.07) is 12.7. The second-order valence-electron chi connectivity index (χ2n) is 6.95. The molecule has 0 unspecified atom stereocenters. The number of carbonyl (C=O) groups is 2. The van der Waals surface area contributed by atoms with Gasteiger partial charge in [-0.15, -0.1) is 0 Å². The van der Waals surface area contributed by atoms with Crippen LogP contribution in [-0.2, 0) is 4.79 Å². The standard InChI is InChI=1S/C21H24BrN3O3/c1-15-6-7-19(18(22)12-15)28-14-20(26)23-17-5-3-4-16(13-17)21(27)25-10-8-24(2)9-11-25/h3-7,12-13H,8-11,14H2,1-2H3,(H,23,26). The molecule has 0 radical (unpaired) electrons. The number of nitrogens with zero attached hydrogens (tertiary/aromatic N) is 2. The zero-order chi connectivity index (χ0) is 20.1. The summed E-state index contributed by atoms with van der Waals surface area (Å²) in [7, 11) is 2.05. The zero-order valence-electron chi connectivity index (χ0n) is 16.1. The number of anilines is 1. The molecule has 1 saturated heterocycles. The molecular formula is C21H24BrN3O3. The SMILES string of the molecule is Cc1ccc(OCC(=O)Nc2cccc(C(=O)N3CCN(C)CC3)c2)c(Br)c1. The van der Waals surface area contributed by atoms with Crippen LogP contribution in [-0.4, -0.2) is 61.4 Å². The van der Waals surface area contributed by atoms with Crippen molar-refractivity contribution >= 4 is 33.4 Å². The van der Waals surface area contributed by atoms with Gasteiger partial charge in [0.25, 0.3) is 11.8 Å². The molecule has 1 aliphatic rings. The quantitative estimate of drug-likeness (QED) is 0.767. The van der Waals surface area contributed by atoms with Gasteiger partial charge in [0.05, 0.1) is 4.47 Å². The molecule has 0 spiro atoms. The van der Waals surface area contributed by atoms with E-state index in [0.29, 0.717) is 30.1 Å². The molecule has 6 nitrogen and oxygen atoms in total. The number of likely N-dealkylation sites (N-methyl/N-ethyl adjacent to an activating group) is 1. The summed E-state index contributed by atoms with van der Waals surface area (Å²) in [5.74, 6) is 0.320. The number of amides is 2. The van der Waals surface area contributed by atoms with Crippen molar-refractivity contribution in [2.24, 2.45) is 0 Å². The first-order valence-corrected chi connectivity index (χ1v) is 9.98. The molecule has 1 aliphatic heterocycles. The molecule has 148 valence electrons. The summed E-state index contributed by atoms with van der Waals surface area (Å²) in [5, 5.41) is 2.79. The Hall–Kier alpha value is -2.38. The van der Waals surface area contributed by atoms with E-state index in [2.05, 4.69) is 33.2 Å². The number of carbonyl (C=O) groups excluding carboxylic acids is 2. The predicted octanol–water partition coefficient (Wildman–Crippen LogP) is 3.16. The van der Waals surface area contributed by atoms with Crippen LogP contribution < -0.4 is 10.1 Å². The van der Waals surface area contributed by atoms with Crippen LogP contribution in [0.2, 0.25) is 0 Å². The van der Waals surface area contributed by atoms with Crippen LogP contribution in [0.1, 0.15) is 15.9 Å². The highest BCUT2D eigenvalue weighted by molar-refractivity contribution is 9.10. The fraction of sp³-hybridized carbons (Fsp3) is 0.333. The Bertz CT molecular complexity index is 864. The van der Waals surface area contributed by atoms with Gasteiger partial charge in [0.1, 0.15) is 5.75 Å². The first-order chi connectivity index (χ1) is 13.4. The number of ether oxygens (including phenoxy) is 1. The molecule has 0 atom stereocenters. The van der Waals surface area contributed by atoms with E-state index in [-0.39, 0.29) is 18.4 Å². The third kappa shape index (κ3) is 5.33. The van der Waals surface area contributed by atoms with Crippen molar-refractivity contribution in [3.63, 3.8) is 0 Å². The van der Waals surface area contributed by atoms with E-state index in [9.17, 15) is 9.59 Å². The van der Waals surface area contributed by atoms with Gasteiger partial charge >= 0.3 is 0 Å². The molecule has 1 heterocycles. The molecule has 1 fully saturated rings. The lowest BCUT2D eigenvalue weighted by atomic mass is 10.1. The molecule has 7 heteroatoms. The molecule has 0 aliphatic carbocycles. The van der Waals surface area contributed by atoms with Gasteiger partial charge in [0.2, 0.25) is 0 Å². The summed E-state index contributed by atoms with van der Waals surface area (Å²) in [5.41, 5.74) is 2.26. The van der Waals surface area contributed by atoms with Gasteiger partial charge in [0, 0.05) is 37.4 Å². The Balaban J connectivity index is 1.57. The zero-order valence-corrected chi connectivity index (χ0v) is 17.7. The van der Waals surface area contributed by atoms with Gasteiger partial charge in [0.15, 0.2) is 6.61 Å². The normalized spacial score (nSPS) is 14.6. The van der Waals surface area contributed by atoms with E-state index < -0.39 is 0 Å². The lowest BCUT2D eigenvalue weighted by Crippen LogP contribution is -2.47. The number of hydrogen-bond acceptors (Lipinski definition) is 4.